The van der Waals surface area contributed by atoms with E-state index in [4.69, 9.17) is 4.74 Å². The molecule has 0 atom stereocenters. The summed E-state index contributed by atoms with van der Waals surface area (Å²) in [7, 11) is 1.15. The SMILES string of the molecule is COC(=O)c1cc(F)cnc1Oc1cccc(F)c1. The number of carbonyl (C=O) groups excluding carboxylic acids is 1. The van der Waals surface area contributed by atoms with Gasteiger partial charge in [0.25, 0.3) is 0 Å². The van der Waals surface area contributed by atoms with Crippen LogP contribution in [0.3, 0.4) is 0 Å². The zero-order chi connectivity index (χ0) is 13.8. The maximum absolute atomic E-state index is 13.1. The van der Waals surface area contributed by atoms with Gasteiger partial charge in [-0.25, -0.2) is 18.6 Å². The van der Waals surface area contributed by atoms with Crippen molar-refractivity contribution in [2.45, 2.75) is 0 Å². The van der Waals surface area contributed by atoms with Crippen molar-refractivity contribution in [3.8, 4) is 11.6 Å². The molecule has 0 aliphatic carbocycles. The van der Waals surface area contributed by atoms with Crippen LogP contribution in [0.2, 0.25) is 0 Å². The minimum Gasteiger partial charge on any atom is -0.465 e. The summed E-state index contributed by atoms with van der Waals surface area (Å²) in [6, 6.07) is 6.22. The Hall–Kier alpha value is -2.50. The van der Waals surface area contributed by atoms with Crippen LogP contribution in [0.5, 0.6) is 11.6 Å². The number of hydrogen-bond donors (Lipinski definition) is 0. The number of esters is 1. The lowest BCUT2D eigenvalue weighted by Gasteiger charge is -2.08. The van der Waals surface area contributed by atoms with E-state index in [9.17, 15) is 13.6 Å². The predicted octanol–water partition coefficient (Wildman–Crippen LogP) is 2.94. The third kappa shape index (κ3) is 3.04. The van der Waals surface area contributed by atoms with Crippen molar-refractivity contribution >= 4 is 5.97 Å². The summed E-state index contributed by atoms with van der Waals surface area (Å²) in [4.78, 5) is 15.1. The second kappa shape index (κ2) is 5.43. The Balaban J connectivity index is 2.37. The van der Waals surface area contributed by atoms with Gasteiger partial charge >= 0.3 is 5.97 Å². The molecule has 0 fully saturated rings. The topological polar surface area (TPSA) is 48.4 Å². The lowest BCUT2D eigenvalue weighted by molar-refractivity contribution is 0.0596. The molecule has 0 N–H and O–H groups in total. The molecule has 98 valence electrons. The van der Waals surface area contributed by atoms with Crippen molar-refractivity contribution in [2.75, 3.05) is 7.11 Å². The molecule has 2 rings (SSSR count). The number of nitrogens with zero attached hydrogens (tertiary/aromatic N) is 1. The van der Waals surface area contributed by atoms with Crippen molar-refractivity contribution in [1.29, 1.82) is 0 Å². The number of pyridine rings is 1. The molecule has 1 aromatic carbocycles. The normalized spacial score (nSPS) is 10.1. The van der Waals surface area contributed by atoms with Crippen molar-refractivity contribution in [1.82, 2.24) is 4.98 Å². The Morgan fingerprint density at radius 2 is 2.00 bits per heavy atom. The number of carbonyl (C=O) groups is 1. The van der Waals surface area contributed by atoms with Crippen molar-refractivity contribution in [3.63, 3.8) is 0 Å². The van der Waals surface area contributed by atoms with E-state index in [2.05, 4.69) is 9.72 Å². The standard InChI is InChI=1S/C13H9F2NO3/c1-18-13(17)11-6-9(15)7-16-12(11)19-10-4-2-3-8(14)5-10/h2-7H,1H3. The molecule has 2 aromatic rings. The van der Waals surface area contributed by atoms with E-state index in [0.29, 0.717) is 0 Å². The van der Waals surface area contributed by atoms with Gasteiger partial charge in [-0.1, -0.05) is 6.07 Å². The Kier molecular flexibility index (Phi) is 3.70. The first-order chi connectivity index (χ1) is 9.10. The van der Waals surface area contributed by atoms with Gasteiger partial charge in [-0.15, -0.1) is 0 Å². The highest BCUT2D eigenvalue weighted by Crippen LogP contribution is 2.24. The van der Waals surface area contributed by atoms with E-state index in [1.807, 2.05) is 0 Å². The van der Waals surface area contributed by atoms with Crippen LogP contribution < -0.4 is 4.74 Å². The highest BCUT2D eigenvalue weighted by Gasteiger charge is 2.16. The van der Waals surface area contributed by atoms with Crippen LogP contribution in [0.4, 0.5) is 8.78 Å². The van der Waals surface area contributed by atoms with Gasteiger partial charge in [0.05, 0.1) is 13.3 Å². The Morgan fingerprint density at radius 1 is 1.21 bits per heavy atom. The first-order valence-electron chi connectivity index (χ1n) is 5.27. The van der Waals surface area contributed by atoms with Crippen LogP contribution in [0.25, 0.3) is 0 Å². The number of hydrogen-bond acceptors (Lipinski definition) is 4. The molecule has 0 radical (unpaired) electrons. The minimum atomic E-state index is -0.793. The maximum Gasteiger partial charge on any atom is 0.343 e. The van der Waals surface area contributed by atoms with Crippen LogP contribution in [-0.4, -0.2) is 18.1 Å². The lowest BCUT2D eigenvalue weighted by Crippen LogP contribution is -2.06. The predicted molar refractivity (Wildman–Crippen MR) is 62.0 cm³/mol. The number of benzene rings is 1. The van der Waals surface area contributed by atoms with Gasteiger partial charge in [-0.3, -0.25) is 0 Å². The van der Waals surface area contributed by atoms with Crippen LogP contribution >= 0.6 is 0 Å². The Morgan fingerprint density at radius 3 is 2.68 bits per heavy atom. The van der Waals surface area contributed by atoms with Gasteiger partial charge in [-0.2, -0.15) is 0 Å². The molecule has 0 saturated heterocycles. The molecule has 1 aromatic heterocycles. The summed E-state index contributed by atoms with van der Waals surface area (Å²) >= 11 is 0. The second-order valence-corrected chi connectivity index (χ2v) is 3.56. The lowest BCUT2D eigenvalue weighted by atomic mass is 10.2. The average molecular weight is 265 g/mol. The highest BCUT2D eigenvalue weighted by molar-refractivity contribution is 5.91. The van der Waals surface area contributed by atoms with E-state index in [0.717, 1.165) is 25.4 Å². The zero-order valence-corrected chi connectivity index (χ0v) is 9.89. The van der Waals surface area contributed by atoms with Gasteiger partial charge in [0.2, 0.25) is 5.88 Å². The number of aromatic nitrogens is 1. The first-order valence-corrected chi connectivity index (χ1v) is 5.27. The first kappa shape index (κ1) is 12.9. The van der Waals surface area contributed by atoms with Crippen LogP contribution in [0.15, 0.2) is 36.5 Å². The average Bonchev–Trinajstić information content (AvgIpc) is 2.40. The van der Waals surface area contributed by atoms with E-state index >= 15 is 0 Å². The molecule has 0 aliphatic rings. The van der Waals surface area contributed by atoms with Gasteiger partial charge in [0, 0.05) is 6.07 Å². The van der Waals surface area contributed by atoms with Gasteiger partial charge < -0.3 is 9.47 Å². The molecule has 0 aliphatic heterocycles. The molecule has 1 heterocycles. The number of methoxy groups -OCH3 is 1. The molecule has 0 amide bonds. The summed E-state index contributed by atoms with van der Waals surface area (Å²) < 4.78 is 35.8. The second-order valence-electron chi connectivity index (χ2n) is 3.56. The third-order valence-electron chi connectivity index (χ3n) is 2.23. The fraction of sp³-hybridized carbons (Fsp3) is 0.0769. The summed E-state index contributed by atoms with van der Waals surface area (Å²) in [5, 5.41) is 0. The molecule has 4 nitrogen and oxygen atoms in total. The molecule has 0 saturated carbocycles. The molecular formula is C13H9F2NO3. The Bertz CT molecular complexity index is 617. The highest BCUT2D eigenvalue weighted by atomic mass is 19.1. The number of ether oxygens (including phenoxy) is 2. The molecule has 0 unspecified atom stereocenters. The van der Waals surface area contributed by atoms with Crippen molar-refractivity contribution in [3.05, 3.63) is 53.7 Å². The summed E-state index contributed by atoms with van der Waals surface area (Å²) in [5.41, 5.74) is -0.174. The minimum absolute atomic E-state index is 0.143. The largest absolute Gasteiger partial charge is 0.465 e. The zero-order valence-electron chi connectivity index (χ0n) is 9.89. The summed E-state index contributed by atoms with van der Waals surface area (Å²) in [6.07, 6.45) is 0.890. The number of halogens is 2. The van der Waals surface area contributed by atoms with E-state index < -0.39 is 17.6 Å². The molecule has 0 bridgehead atoms. The maximum atomic E-state index is 13.1. The molecule has 0 spiro atoms. The van der Waals surface area contributed by atoms with Crippen LogP contribution in [0, 0.1) is 11.6 Å². The molecular weight excluding hydrogens is 256 g/mol. The summed E-state index contributed by atoms with van der Waals surface area (Å²) in [5.74, 6) is -2.01. The molecule has 19 heavy (non-hydrogen) atoms. The summed E-state index contributed by atoms with van der Waals surface area (Å²) in [6.45, 7) is 0. The third-order valence-corrected chi connectivity index (χ3v) is 2.23. The number of rotatable bonds is 3. The molecule has 6 heteroatoms. The van der Waals surface area contributed by atoms with Crippen molar-refractivity contribution < 1.29 is 23.0 Å². The smallest absolute Gasteiger partial charge is 0.343 e. The van der Waals surface area contributed by atoms with Crippen LogP contribution in [-0.2, 0) is 4.74 Å². The quantitative estimate of drug-likeness (QED) is 0.800. The van der Waals surface area contributed by atoms with Crippen LogP contribution in [0.1, 0.15) is 10.4 Å². The van der Waals surface area contributed by atoms with E-state index in [1.165, 1.54) is 18.2 Å². The van der Waals surface area contributed by atoms with Gasteiger partial charge in [0.1, 0.15) is 22.9 Å². The van der Waals surface area contributed by atoms with E-state index in [-0.39, 0.29) is 17.2 Å². The fourth-order valence-electron chi connectivity index (χ4n) is 1.41. The van der Waals surface area contributed by atoms with E-state index in [1.54, 1.807) is 0 Å². The fourth-order valence-corrected chi connectivity index (χ4v) is 1.41. The van der Waals surface area contributed by atoms with Crippen molar-refractivity contribution in [2.24, 2.45) is 0 Å². The van der Waals surface area contributed by atoms with Gasteiger partial charge in [0.15, 0.2) is 0 Å². The monoisotopic (exact) mass is 265 g/mol. The Labute approximate surface area is 107 Å². The van der Waals surface area contributed by atoms with Gasteiger partial charge in [-0.05, 0) is 18.2 Å².